The molecule has 0 saturated carbocycles. The molecule has 0 saturated heterocycles. The molecule has 4 nitrogen and oxygen atoms in total. The van der Waals surface area contributed by atoms with Gasteiger partial charge in [-0.05, 0) is 62.3 Å². The van der Waals surface area contributed by atoms with Crippen LogP contribution in [0.3, 0.4) is 0 Å². The second-order valence-corrected chi connectivity index (χ2v) is 5.52. The van der Waals surface area contributed by atoms with Crippen LogP contribution in [-0.2, 0) is 0 Å². The van der Waals surface area contributed by atoms with E-state index in [1.807, 2.05) is 39.8 Å². The molecule has 1 aromatic carbocycles. The summed E-state index contributed by atoms with van der Waals surface area (Å²) in [6, 6.07) is 3.75. The van der Waals surface area contributed by atoms with Crippen LogP contribution in [0.25, 0.3) is 0 Å². The molecule has 19 heavy (non-hydrogen) atoms. The van der Waals surface area contributed by atoms with Crippen molar-refractivity contribution in [2.75, 3.05) is 0 Å². The number of nitrogens with zero attached hydrogens (tertiary/aromatic N) is 1. The van der Waals surface area contributed by atoms with Gasteiger partial charge in [0.05, 0.1) is 12.3 Å². The second-order valence-electron chi connectivity index (χ2n) is 4.54. The van der Waals surface area contributed by atoms with E-state index in [0.717, 1.165) is 34.0 Å². The summed E-state index contributed by atoms with van der Waals surface area (Å²) < 4.78 is 11.4. The Hall–Kier alpha value is -1.75. The first-order chi connectivity index (χ1) is 8.97. The van der Waals surface area contributed by atoms with E-state index in [1.165, 1.54) is 6.20 Å². The van der Waals surface area contributed by atoms with E-state index in [0.29, 0.717) is 5.19 Å². The third kappa shape index (κ3) is 3.17. The van der Waals surface area contributed by atoms with Gasteiger partial charge in [0.15, 0.2) is 5.06 Å². The zero-order chi connectivity index (χ0) is 14.0. The molecule has 1 N–H and O–H groups in total. The smallest absolute Gasteiger partial charge is 0.282 e. The van der Waals surface area contributed by atoms with Gasteiger partial charge in [-0.1, -0.05) is 0 Å². The number of benzene rings is 1. The first-order valence-corrected chi connectivity index (χ1v) is 6.88. The fourth-order valence-electron chi connectivity index (χ4n) is 1.65. The molecule has 0 aliphatic carbocycles. The maximum atomic E-state index is 9.25. The second kappa shape index (κ2) is 5.48. The summed E-state index contributed by atoms with van der Waals surface area (Å²) in [5.74, 6) is 1.59. The Kier molecular flexibility index (Phi) is 3.95. The van der Waals surface area contributed by atoms with Crippen molar-refractivity contribution >= 4 is 11.3 Å². The summed E-state index contributed by atoms with van der Waals surface area (Å²) in [4.78, 5) is 3.97. The third-order valence-corrected chi connectivity index (χ3v) is 3.40. The number of ether oxygens (including phenoxy) is 2. The maximum absolute atomic E-state index is 9.25. The molecule has 102 valence electrons. The number of hydrogen-bond acceptors (Lipinski definition) is 5. The van der Waals surface area contributed by atoms with E-state index >= 15 is 0 Å². The number of aromatic nitrogens is 1. The summed E-state index contributed by atoms with van der Waals surface area (Å²) in [5, 5.41) is 9.83. The van der Waals surface area contributed by atoms with E-state index in [-0.39, 0.29) is 11.2 Å². The zero-order valence-corrected chi connectivity index (χ0v) is 12.2. The van der Waals surface area contributed by atoms with Crippen molar-refractivity contribution in [2.45, 2.75) is 33.8 Å². The average Bonchev–Trinajstić information content (AvgIpc) is 2.74. The highest BCUT2D eigenvalue weighted by Gasteiger charge is 2.11. The minimum atomic E-state index is 0.140. The van der Waals surface area contributed by atoms with Crippen molar-refractivity contribution in [3.63, 3.8) is 0 Å². The lowest BCUT2D eigenvalue weighted by molar-refractivity contribution is 0.240. The maximum Gasteiger partial charge on any atom is 0.282 e. The Bertz CT molecular complexity index is 578. The number of thiazole rings is 1. The molecule has 0 atom stereocenters. The van der Waals surface area contributed by atoms with Gasteiger partial charge in [0.1, 0.15) is 11.5 Å². The Balaban J connectivity index is 2.25. The van der Waals surface area contributed by atoms with Crippen molar-refractivity contribution in [1.29, 1.82) is 0 Å². The molecule has 2 aromatic rings. The lowest BCUT2D eigenvalue weighted by Gasteiger charge is -2.16. The molecule has 0 amide bonds. The lowest BCUT2D eigenvalue weighted by Crippen LogP contribution is -2.07. The van der Waals surface area contributed by atoms with E-state index in [4.69, 9.17) is 9.47 Å². The van der Waals surface area contributed by atoms with Gasteiger partial charge in [-0.25, -0.2) is 4.98 Å². The molecule has 5 heteroatoms. The Labute approximate surface area is 116 Å². The van der Waals surface area contributed by atoms with Crippen LogP contribution in [0, 0.1) is 13.8 Å². The van der Waals surface area contributed by atoms with Gasteiger partial charge in [-0.15, -0.1) is 0 Å². The van der Waals surface area contributed by atoms with Gasteiger partial charge in [-0.2, -0.15) is 0 Å². The van der Waals surface area contributed by atoms with Gasteiger partial charge in [-0.3, -0.25) is 0 Å². The van der Waals surface area contributed by atoms with E-state index in [9.17, 15) is 5.11 Å². The summed E-state index contributed by atoms with van der Waals surface area (Å²) >= 11 is 1.10. The molecule has 1 heterocycles. The Morgan fingerprint density at radius 1 is 1.16 bits per heavy atom. The van der Waals surface area contributed by atoms with Gasteiger partial charge in [0.2, 0.25) is 0 Å². The third-order valence-electron chi connectivity index (χ3n) is 2.72. The van der Waals surface area contributed by atoms with Crippen LogP contribution in [-0.4, -0.2) is 16.2 Å². The van der Waals surface area contributed by atoms with Gasteiger partial charge < -0.3 is 14.6 Å². The van der Waals surface area contributed by atoms with E-state index in [1.54, 1.807) is 0 Å². The highest BCUT2D eigenvalue weighted by Crippen LogP contribution is 2.35. The Morgan fingerprint density at radius 3 is 2.37 bits per heavy atom. The monoisotopic (exact) mass is 279 g/mol. The standard InChI is InChI=1S/C14H17NO3S/c1-8(2)17-11-5-6-12(10(4)9(11)3)18-14-15-7-13(16)19-14/h5-8,16H,1-4H3. The molecular formula is C14H17NO3S. The fourth-order valence-corrected chi connectivity index (χ4v) is 2.18. The average molecular weight is 279 g/mol. The molecule has 0 spiro atoms. The topological polar surface area (TPSA) is 51.6 Å². The van der Waals surface area contributed by atoms with Gasteiger partial charge in [0.25, 0.3) is 5.19 Å². The van der Waals surface area contributed by atoms with E-state index in [2.05, 4.69) is 4.98 Å². The molecule has 0 aliphatic rings. The van der Waals surface area contributed by atoms with Crippen LogP contribution in [0.5, 0.6) is 21.8 Å². The van der Waals surface area contributed by atoms with Crippen molar-refractivity contribution in [3.05, 3.63) is 29.5 Å². The molecule has 0 bridgehead atoms. The SMILES string of the molecule is Cc1c(Oc2ncc(O)s2)ccc(OC(C)C)c1C. The molecule has 0 fully saturated rings. The quantitative estimate of drug-likeness (QED) is 0.917. The summed E-state index contributed by atoms with van der Waals surface area (Å²) in [6.45, 7) is 7.97. The largest absolute Gasteiger partial charge is 0.498 e. The van der Waals surface area contributed by atoms with E-state index < -0.39 is 0 Å². The van der Waals surface area contributed by atoms with Gasteiger partial charge >= 0.3 is 0 Å². The van der Waals surface area contributed by atoms with Crippen molar-refractivity contribution in [2.24, 2.45) is 0 Å². The van der Waals surface area contributed by atoms with Crippen LogP contribution in [0.4, 0.5) is 0 Å². The van der Waals surface area contributed by atoms with Crippen LogP contribution in [0.1, 0.15) is 25.0 Å². The van der Waals surface area contributed by atoms with Crippen molar-refractivity contribution in [1.82, 2.24) is 4.98 Å². The summed E-state index contributed by atoms with van der Waals surface area (Å²) in [5.41, 5.74) is 2.06. The molecule has 0 unspecified atom stereocenters. The summed E-state index contributed by atoms with van der Waals surface area (Å²) in [6.07, 6.45) is 1.51. The van der Waals surface area contributed by atoms with Crippen LogP contribution < -0.4 is 9.47 Å². The minimum absolute atomic E-state index is 0.140. The Morgan fingerprint density at radius 2 is 1.79 bits per heavy atom. The van der Waals surface area contributed by atoms with Crippen LogP contribution in [0.15, 0.2) is 18.3 Å². The van der Waals surface area contributed by atoms with Crippen molar-refractivity contribution < 1.29 is 14.6 Å². The number of rotatable bonds is 4. The predicted molar refractivity (Wildman–Crippen MR) is 75.5 cm³/mol. The number of aromatic hydroxyl groups is 1. The van der Waals surface area contributed by atoms with Crippen molar-refractivity contribution in [3.8, 4) is 21.8 Å². The lowest BCUT2D eigenvalue weighted by atomic mass is 10.1. The van der Waals surface area contributed by atoms with Crippen LogP contribution in [0.2, 0.25) is 0 Å². The van der Waals surface area contributed by atoms with Gasteiger partial charge in [0, 0.05) is 0 Å². The first-order valence-electron chi connectivity index (χ1n) is 6.07. The number of hydrogen-bond donors (Lipinski definition) is 1. The highest BCUT2D eigenvalue weighted by atomic mass is 32.1. The first kappa shape index (κ1) is 13.7. The molecular weight excluding hydrogens is 262 g/mol. The fraction of sp³-hybridized carbons (Fsp3) is 0.357. The van der Waals surface area contributed by atoms with Crippen LogP contribution >= 0.6 is 11.3 Å². The molecule has 1 aromatic heterocycles. The minimum Gasteiger partial charge on any atom is -0.498 e. The molecule has 0 radical (unpaired) electrons. The predicted octanol–water partition coefficient (Wildman–Crippen LogP) is 4.05. The highest BCUT2D eigenvalue weighted by molar-refractivity contribution is 7.15. The summed E-state index contributed by atoms with van der Waals surface area (Å²) in [7, 11) is 0. The zero-order valence-electron chi connectivity index (χ0n) is 11.4. The molecule has 2 rings (SSSR count). The normalized spacial score (nSPS) is 10.8. The molecule has 0 aliphatic heterocycles.